The van der Waals surface area contributed by atoms with Crippen LogP contribution in [0.1, 0.15) is 11.1 Å². The standard InChI is InChI=1S/C48H32N4/c1-3-38-39(4-2)42-25-15-24-40(45(42)43-23-14-13-22-41(38)43)35-26-36(44-29-33-20-11-12-21-34(33)30-49-44)28-37(27-35)48-51-46(31-16-7-5-8-17-31)50-47(52-48)32-18-9-6-10-19-32/h3-30H,1-2H2. The maximum absolute atomic E-state index is 5.11. The van der Waals surface area contributed by atoms with Crippen molar-refractivity contribution in [1.29, 1.82) is 0 Å². The number of fused-ring (bicyclic) bond motifs is 4. The summed E-state index contributed by atoms with van der Waals surface area (Å²) in [5, 5.41) is 6.78. The molecule has 0 fully saturated rings. The summed E-state index contributed by atoms with van der Waals surface area (Å²) in [6, 6.07) is 52.2. The SMILES string of the molecule is C=Cc1c(C=C)c2cccc(-c3cc(-c4cc5ccccc5cn4)cc(-c4nc(-c5ccccc5)nc(-c5ccccc5)n4)c3)c2c2ccccc12. The molecule has 0 amide bonds. The molecule has 0 bridgehead atoms. The van der Waals surface area contributed by atoms with Gasteiger partial charge >= 0.3 is 0 Å². The van der Waals surface area contributed by atoms with Crippen LogP contribution in [0.3, 0.4) is 0 Å². The molecule has 244 valence electrons. The summed E-state index contributed by atoms with van der Waals surface area (Å²) in [7, 11) is 0. The molecule has 0 saturated carbocycles. The second-order valence-corrected chi connectivity index (χ2v) is 12.8. The average Bonchev–Trinajstić information content (AvgIpc) is 3.23. The lowest BCUT2D eigenvalue weighted by Gasteiger charge is -2.17. The topological polar surface area (TPSA) is 51.6 Å². The van der Waals surface area contributed by atoms with Crippen molar-refractivity contribution in [2.75, 3.05) is 0 Å². The lowest BCUT2D eigenvalue weighted by Crippen LogP contribution is -2.00. The van der Waals surface area contributed by atoms with Crippen molar-refractivity contribution in [2.24, 2.45) is 0 Å². The van der Waals surface area contributed by atoms with Gasteiger partial charge in [-0.1, -0.05) is 153 Å². The molecule has 0 unspecified atom stereocenters. The Balaban J connectivity index is 1.35. The number of hydrogen-bond acceptors (Lipinski definition) is 4. The van der Waals surface area contributed by atoms with Gasteiger partial charge in [0, 0.05) is 33.8 Å². The van der Waals surface area contributed by atoms with E-state index < -0.39 is 0 Å². The van der Waals surface area contributed by atoms with E-state index in [-0.39, 0.29) is 0 Å². The molecule has 0 saturated heterocycles. The molecule has 52 heavy (non-hydrogen) atoms. The molecule has 4 nitrogen and oxygen atoms in total. The Hall–Kier alpha value is -7.04. The third kappa shape index (κ3) is 5.44. The maximum Gasteiger partial charge on any atom is 0.164 e. The second-order valence-electron chi connectivity index (χ2n) is 12.8. The van der Waals surface area contributed by atoms with Gasteiger partial charge < -0.3 is 0 Å². The van der Waals surface area contributed by atoms with E-state index in [1.165, 1.54) is 0 Å². The van der Waals surface area contributed by atoms with Gasteiger partial charge in [0.15, 0.2) is 17.5 Å². The lowest BCUT2D eigenvalue weighted by atomic mass is 9.86. The third-order valence-corrected chi connectivity index (χ3v) is 9.67. The first-order valence-corrected chi connectivity index (χ1v) is 17.3. The van der Waals surface area contributed by atoms with Gasteiger partial charge in [-0.3, -0.25) is 4.98 Å². The van der Waals surface area contributed by atoms with Crippen LogP contribution in [0.15, 0.2) is 171 Å². The second kappa shape index (κ2) is 13.0. The van der Waals surface area contributed by atoms with Crippen LogP contribution in [-0.2, 0) is 0 Å². The van der Waals surface area contributed by atoms with E-state index in [1.54, 1.807) is 0 Å². The van der Waals surface area contributed by atoms with E-state index in [4.69, 9.17) is 19.9 Å². The molecule has 0 aliphatic carbocycles. The fourth-order valence-corrected chi connectivity index (χ4v) is 7.21. The Morgan fingerprint density at radius 3 is 1.60 bits per heavy atom. The van der Waals surface area contributed by atoms with Crippen molar-refractivity contribution in [2.45, 2.75) is 0 Å². The molecule has 9 aromatic rings. The van der Waals surface area contributed by atoms with Gasteiger partial charge in [0.2, 0.25) is 0 Å². The molecular weight excluding hydrogens is 633 g/mol. The van der Waals surface area contributed by atoms with E-state index in [9.17, 15) is 0 Å². The first-order chi connectivity index (χ1) is 25.7. The minimum Gasteiger partial charge on any atom is -0.256 e. The van der Waals surface area contributed by atoms with Gasteiger partial charge in [-0.25, -0.2) is 15.0 Å². The summed E-state index contributed by atoms with van der Waals surface area (Å²) in [5.41, 5.74) is 8.82. The monoisotopic (exact) mass is 664 g/mol. The van der Waals surface area contributed by atoms with E-state index in [0.717, 1.165) is 82.5 Å². The molecule has 0 aliphatic rings. The quantitative estimate of drug-likeness (QED) is 0.159. The number of nitrogens with zero attached hydrogens (tertiary/aromatic N) is 4. The Kier molecular flexibility index (Phi) is 7.75. The molecule has 9 rings (SSSR count). The summed E-state index contributed by atoms with van der Waals surface area (Å²) in [4.78, 5) is 20.1. The third-order valence-electron chi connectivity index (χ3n) is 9.67. The molecule has 0 radical (unpaired) electrons. The molecule has 0 aliphatic heterocycles. The Morgan fingerprint density at radius 1 is 0.404 bits per heavy atom. The normalized spacial score (nSPS) is 11.2. The van der Waals surface area contributed by atoms with Crippen molar-refractivity contribution < 1.29 is 0 Å². The predicted octanol–water partition coefficient (Wildman–Crippen LogP) is 12.3. The van der Waals surface area contributed by atoms with Gasteiger partial charge in [-0.05, 0) is 73.5 Å². The number of pyridine rings is 1. The van der Waals surface area contributed by atoms with Crippen LogP contribution in [0.4, 0.5) is 0 Å². The zero-order chi connectivity index (χ0) is 35.0. The zero-order valence-electron chi connectivity index (χ0n) is 28.4. The van der Waals surface area contributed by atoms with Crippen LogP contribution in [0.5, 0.6) is 0 Å². The predicted molar refractivity (Wildman–Crippen MR) is 218 cm³/mol. The summed E-state index contributed by atoms with van der Waals surface area (Å²) in [5.74, 6) is 1.82. The van der Waals surface area contributed by atoms with Gasteiger partial charge in [0.05, 0.1) is 5.69 Å². The molecule has 0 spiro atoms. The minimum atomic E-state index is 0.586. The smallest absolute Gasteiger partial charge is 0.164 e. The van der Waals surface area contributed by atoms with Crippen molar-refractivity contribution in [3.8, 4) is 56.5 Å². The van der Waals surface area contributed by atoms with Crippen molar-refractivity contribution in [1.82, 2.24) is 19.9 Å². The molecule has 0 N–H and O–H groups in total. The van der Waals surface area contributed by atoms with Gasteiger partial charge in [0.25, 0.3) is 0 Å². The van der Waals surface area contributed by atoms with Crippen LogP contribution in [-0.4, -0.2) is 19.9 Å². The number of aromatic nitrogens is 4. The lowest BCUT2D eigenvalue weighted by molar-refractivity contribution is 1.07. The number of hydrogen-bond donors (Lipinski definition) is 0. The van der Waals surface area contributed by atoms with Crippen molar-refractivity contribution >= 4 is 44.5 Å². The fourth-order valence-electron chi connectivity index (χ4n) is 7.21. The van der Waals surface area contributed by atoms with E-state index in [0.29, 0.717) is 17.5 Å². The first kappa shape index (κ1) is 31.0. The molecular formula is C48H32N4. The van der Waals surface area contributed by atoms with E-state index in [2.05, 4.69) is 98.1 Å². The summed E-state index contributed by atoms with van der Waals surface area (Å²) in [6.07, 6.45) is 5.82. The summed E-state index contributed by atoms with van der Waals surface area (Å²) < 4.78 is 0. The molecule has 4 heteroatoms. The van der Waals surface area contributed by atoms with Crippen LogP contribution in [0.2, 0.25) is 0 Å². The fraction of sp³-hybridized carbons (Fsp3) is 0. The first-order valence-electron chi connectivity index (χ1n) is 17.3. The van der Waals surface area contributed by atoms with Crippen LogP contribution in [0.25, 0.3) is 101 Å². The van der Waals surface area contributed by atoms with Crippen LogP contribution < -0.4 is 0 Å². The highest BCUT2D eigenvalue weighted by molar-refractivity contribution is 6.19. The Bertz CT molecular complexity index is 2770. The van der Waals surface area contributed by atoms with Gasteiger partial charge in [-0.2, -0.15) is 0 Å². The zero-order valence-corrected chi connectivity index (χ0v) is 28.4. The highest BCUT2D eigenvalue weighted by Gasteiger charge is 2.18. The highest BCUT2D eigenvalue weighted by atomic mass is 15.0. The van der Waals surface area contributed by atoms with Crippen LogP contribution >= 0.6 is 0 Å². The number of benzene rings is 7. The molecule has 2 aromatic heterocycles. The maximum atomic E-state index is 5.11. The minimum absolute atomic E-state index is 0.586. The molecule has 0 atom stereocenters. The molecule has 2 heterocycles. The number of rotatable bonds is 7. The van der Waals surface area contributed by atoms with E-state index >= 15 is 0 Å². The Labute approximate surface area is 302 Å². The summed E-state index contributed by atoms with van der Waals surface area (Å²) in [6.45, 7) is 8.39. The van der Waals surface area contributed by atoms with Crippen molar-refractivity contribution in [3.63, 3.8) is 0 Å². The summed E-state index contributed by atoms with van der Waals surface area (Å²) >= 11 is 0. The van der Waals surface area contributed by atoms with Gasteiger partial charge in [-0.15, -0.1) is 0 Å². The highest BCUT2D eigenvalue weighted by Crippen LogP contribution is 2.42. The average molecular weight is 665 g/mol. The van der Waals surface area contributed by atoms with E-state index in [1.807, 2.05) is 85.1 Å². The largest absolute Gasteiger partial charge is 0.256 e. The Morgan fingerprint density at radius 2 is 0.923 bits per heavy atom. The van der Waals surface area contributed by atoms with Crippen molar-refractivity contribution in [3.05, 3.63) is 182 Å². The van der Waals surface area contributed by atoms with Gasteiger partial charge in [0.1, 0.15) is 0 Å². The molecule has 7 aromatic carbocycles. The van der Waals surface area contributed by atoms with Crippen LogP contribution in [0, 0.1) is 0 Å².